The van der Waals surface area contributed by atoms with Crippen molar-refractivity contribution >= 4 is 28.9 Å². The summed E-state index contributed by atoms with van der Waals surface area (Å²) < 4.78 is 13.2. The zero-order valence-corrected chi connectivity index (χ0v) is 26.5. The second-order valence-electron chi connectivity index (χ2n) is 11.6. The molecule has 3 N–H and O–H groups in total. The number of aryl methyl sites for hydroxylation is 2. The first-order chi connectivity index (χ1) is 22.3. The average molecular weight is 625 g/mol. The number of hydrogen-bond acceptors (Lipinski definition) is 10. The average Bonchev–Trinajstić information content (AvgIpc) is 3.66. The number of carbonyl (C=O) groups is 1. The Morgan fingerprint density at radius 2 is 1.93 bits per heavy atom. The van der Waals surface area contributed by atoms with Crippen LogP contribution < -0.4 is 20.3 Å². The number of aromatic nitrogens is 4. The number of aliphatic hydroxyl groups excluding tert-OH is 1. The van der Waals surface area contributed by atoms with Crippen LogP contribution in [0.2, 0.25) is 0 Å². The summed E-state index contributed by atoms with van der Waals surface area (Å²) in [7, 11) is 1.61. The molecule has 46 heavy (non-hydrogen) atoms. The maximum atomic E-state index is 12.3. The van der Waals surface area contributed by atoms with Crippen LogP contribution in [0.1, 0.15) is 23.2 Å². The van der Waals surface area contributed by atoms with Crippen molar-refractivity contribution in [1.82, 2.24) is 24.6 Å². The summed E-state index contributed by atoms with van der Waals surface area (Å²) in [5, 5.41) is 20.9. The summed E-state index contributed by atoms with van der Waals surface area (Å²) in [4.78, 5) is 26.1. The molecule has 2 saturated heterocycles. The van der Waals surface area contributed by atoms with Crippen molar-refractivity contribution in [2.24, 2.45) is 0 Å². The molecule has 2 fully saturated rings. The van der Waals surface area contributed by atoms with Crippen LogP contribution in [0.5, 0.6) is 5.75 Å². The Bertz CT molecular complexity index is 1720. The quantitative estimate of drug-likeness (QED) is 0.221. The first-order valence-electron chi connectivity index (χ1n) is 15.5. The summed E-state index contributed by atoms with van der Waals surface area (Å²) in [6.45, 7) is 12.6. The minimum absolute atomic E-state index is 0.241. The van der Waals surface area contributed by atoms with E-state index >= 15 is 0 Å². The van der Waals surface area contributed by atoms with Crippen molar-refractivity contribution in [1.29, 1.82) is 0 Å². The van der Waals surface area contributed by atoms with Gasteiger partial charge in [-0.15, -0.1) is 0 Å². The number of likely N-dealkylation sites (tertiary alicyclic amines) is 1. The number of anilines is 4. The summed E-state index contributed by atoms with van der Waals surface area (Å²) in [6.07, 6.45) is 5.67. The van der Waals surface area contributed by atoms with Gasteiger partial charge >= 0.3 is 0 Å². The summed E-state index contributed by atoms with van der Waals surface area (Å²) >= 11 is 0. The summed E-state index contributed by atoms with van der Waals surface area (Å²) in [6, 6.07) is 11.8. The maximum absolute atomic E-state index is 12.3. The number of aliphatic hydroxyl groups is 1. The predicted octanol–water partition coefficient (Wildman–Crippen LogP) is 4.23. The molecule has 1 amide bonds. The van der Waals surface area contributed by atoms with E-state index in [1.165, 1.54) is 6.08 Å². The Morgan fingerprint density at radius 3 is 2.63 bits per heavy atom. The third kappa shape index (κ3) is 6.89. The van der Waals surface area contributed by atoms with E-state index in [-0.39, 0.29) is 12.0 Å². The lowest BCUT2D eigenvalue weighted by atomic mass is 10.1. The number of morpholine rings is 1. The standard InChI is InChI=1S/C34H40N8O4/c1-5-32(44)36-28-16-29(31(45-4)17-30(28)41-12-14-46-15-13-41)37-34-35-18-22(2)33(38-34)24-6-8-26(9-7-24)42-20-25(23(3)39-42)19-40-11-10-27(43)21-40/h5-9,16-18,20,27,43H,1,10-15,19,21H2,2-4H3,(H,36,44)(H,35,37,38)/t27-/m1/s1. The Morgan fingerprint density at radius 1 is 1.15 bits per heavy atom. The highest BCUT2D eigenvalue weighted by atomic mass is 16.5. The molecule has 240 valence electrons. The first kappa shape index (κ1) is 31.2. The van der Waals surface area contributed by atoms with E-state index in [4.69, 9.17) is 19.6 Å². The highest BCUT2D eigenvalue weighted by Crippen LogP contribution is 2.39. The van der Waals surface area contributed by atoms with Gasteiger partial charge in [-0.05, 0) is 50.1 Å². The molecule has 0 spiro atoms. The molecule has 2 aliphatic rings. The van der Waals surface area contributed by atoms with E-state index < -0.39 is 0 Å². The van der Waals surface area contributed by atoms with Crippen LogP contribution in [0.3, 0.4) is 0 Å². The fourth-order valence-electron chi connectivity index (χ4n) is 5.85. The van der Waals surface area contributed by atoms with Crippen LogP contribution in [0, 0.1) is 13.8 Å². The third-order valence-corrected chi connectivity index (χ3v) is 8.38. The molecule has 2 aromatic carbocycles. The van der Waals surface area contributed by atoms with Crippen molar-refractivity contribution < 1.29 is 19.4 Å². The number of hydrogen-bond donors (Lipinski definition) is 3. The number of β-amino-alcohol motifs (C(OH)–C–C–N with tert-alkyl or cyclic N) is 1. The molecule has 6 rings (SSSR count). The van der Waals surface area contributed by atoms with Crippen LogP contribution in [0.15, 0.2) is 61.4 Å². The van der Waals surface area contributed by atoms with Crippen LogP contribution in [0.25, 0.3) is 16.9 Å². The van der Waals surface area contributed by atoms with E-state index in [2.05, 4.69) is 38.2 Å². The van der Waals surface area contributed by atoms with Crippen LogP contribution in [-0.2, 0) is 16.1 Å². The highest BCUT2D eigenvalue weighted by Gasteiger charge is 2.22. The minimum atomic E-state index is -0.309. The van der Waals surface area contributed by atoms with Gasteiger partial charge in [0, 0.05) is 62.3 Å². The lowest BCUT2D eigenvalue weighted by Crippen LogP contribution is -2.36. The van der Waals surface area contributed by atoms with Gasteiger partial charge in [0.1, 0.15) is 5.75 Å². The molecule has 0 saturated carbocycles. The van der Waals surface area contributed by atoms with Gasteiger partial charge in [-0.3, -0.25) is 9.69 Å². The van der Waals surface area contributed by atoms with Gasteiger partial charge in [0.15, 0.2) is 0 Å². The first-order valence-corrected chi connectivity index (χ1v) is 15.5. The second kappa shape index (κ2) is 13.7. The lowest BCUT2D eigenvalue weighted by molar-refractivity contribution is -0.111. The molecule has 1 atom stereocenters. The number of nitrogens with one attached hydrogen (secondary N) is 2. The lowest BCUT2D eigenvalue weighted by Gasteiger charge is -2.31. The zero-order chi connectivity index (χ0) is 32.2. The Labute approximate surface area is 268 Å². The Hall–Kier alpha value is -4.78. The summed E-state index contributed by atoms with van der Waals surface area (Å²) in [5.74, 6) is 0.668. The fraction of sp³-hybridized carbons (Fsp3) is 0.353. The van der Waals surface area contributed by atoms with Crippen molar-refractivity contribution in [2.45, 2.75) is 32.9 Å². The molecule has 0 bridgehead atoms. The molecule has 4 aromatic rings. The second-order valence-corrected chi connectivity index (χ2v) is 11.6. The molecule has 12 nitrogen and oxygen atoms in total. The zero-order valence-electron chi connectivity index (χ0n) is 26.5. The number of nitrogens with zero attached hydrogens (tertiary/aromatic N) is 6. The number of amides is 1. The van der Waals surface area contributed by atoms with E-state index in [1.54, 1.807) is 13.3 Å². The molecule has 0 radical (unpaired) electrons. The molecule has 0 aliphatic carbocycles. The van der Waals surface area contributed by atoms with Gasteiger partial charge in [0.2, 0.25) is 11.9 Å². The Balaban J connectivity index is 1.24. The van der Waals surface area contributed by atoms with Gasteiger partial charge in [0.05, 0.1) is 60.6 Å². The number of methoxy groups -OCH3 is 1. The van der Waals surface area contributed by atoms with Crippen molar-refractivity contribution in [3.63, 3.8) is 0 Å². The minimum Gasteiger partial charge on any atom is -0.494 e. The van der Waals surface area contributed by atoms with Gasteiger partial charge in [-0.1, -0.05) is 18.7 Å². The smallest absolute Gasteiger partial charge is 0.247 e. The molecular formula is C34H40N8O4. The van der Waals surface area contributed by atoms with Crippen LogP contribution in [0.4, 0.5) is 23.0 Å². The molecular weight excluding hydrogens is 584 g/mol. The normalized spacial score (nSPS) is 16.8. The SMILES string of the molecule is C=CC(=O)Nc1cc(Nc2ncc(C)c(-c3ccc(-n4cc(CN5CC[C@@H](O)C5)c(C)n4)cc3)n2)c(OC)cc1N1CCOCC1. The van der Waals surface area contributed by atoms with E-state index in [1.807, 2.05) is 54.9 Å². The van der Waals surface area contributed by atoms with Crippen LogP contribution in [-0.4, -0.2) is 88.3 Å². The van der Waals surface area contributed by atoms with E-state index in [9.17, 15) is 9.90 Å². The number of benzene rings is 2. The summed E-state index contributed by atoms with van der Waals surface area (Å²) in [5.41, 5.74) is 7.80. The van der Waals surface area contributed by atoms with Gasteiger partial charge in [-0.25, -0.2) is 14.6 Å². The van der Waals surface area contributed by atoms with E-state index in [0.717, 1.165) is 59.0 Å². The maximum Gasteiger partial charge on any atom is 0.247 e. The van der Waals surface area contributed by atoms with Gasteiger partial charge in [-0.2, -0.15) is 5.10 Å². The highest BCUT2D eigenvalue weighted by molar-refractivity contribution is 6.02. The topological polar surface area (TPSA) is 130 Å². The third-order valence-electron chi connectivity index (χ3n) is 8.38. The van der Waals surface area contributed by atoms with Crippen molar-refractivity contribution in [2.75, 3.05) is 62.0 Å². The monoisotopic (exact) mass is 624 g/mol. The van der Waals surface area contributed by atoms with Crippen molar-refractivity contribution in [3.05, 3.63) is 78.3 Å². The number of ether oxygens (including phenoxy) is 2. The molecule has 2 aliphatic heterocycles. The predicted molar refractivity (Wildman–Crippen MR) is 178 cm³/mol. The molecule has 0 unspecified atom stereocenters. The molecule has 4 heterocycles. The molecule has 2 aromatic heterocycles. The van der Waals surface area contributed by atoms with E-state index in [0.29, 0.717) is 55.9 Å². The fourth-order valence-corrected chi connectivity index (χ4v) is 5.85. The van der Waals surface area contributed by atoms with Crippen LogP contribution >= 0.6 is 0 Å². The largest absolute Gasteiger partial charge is 0.494 e. The number of carbonyl (C=O) groups excluding carboxylic acids is 1. The number of rotatable bonds is 10. The van der Waals surface area contributed by atoms with Gasteiger partial charge in [0.25, 0.3) is 0 Å². The van der Waals surface area contributed by atoms with Gasteiger partial charge < -0.3 is 30.1 Å². The Kier molecular flexibility index (Phi) is 9.29. The van der Waals surface area contributed by atoms with Crippen molar-refractivity contribution in [3.8, 4) is 22.7 Å². The molecule has 12 heteroatoms.